The lowest BCUT2D eigenvalue weighted by Crippen LogP contribution is -2.25. The zero-order chi connectivity index (χ0) is 11.7. The molecule has 1 aliphatic rings. The normalized spacial score (nSPS) is 14.6. The van der Waals surface area contributed by atoms with Crippen molar-refractivity contribution in [1.29, 1.82) is 0 Å². The molecule has 1 saturated carbocycles. The zero-order valence-electron chi connectivity index (χ0n) is 9.35. The number of amides is 1. The number of thiophene rings is 1. The third-order valence-corrected chi connectivity index (χ3v) is 3.78. The Balaban J connectivity index is 1.77. The van der Waals surface area contributed by atoms with Crippen LogP contribution in [0, 0.1) is 0 Å². The van der Waals surface area contributed by atoms with Crippen molar-refractivity contribution in [2.75, 3.05) is 0 Å². The summed E-state index contributed by atoms with van der Waals surface area (Å²) in [6, 6.07) is 12.3. The smallest absolute Gasteiger partial charge is 0.251 e. The minimum Gasteiger partial charge on any atom is -0.349 e. The van der Waals surface area contributed by atoms with E-state index >= 15 is 0 Å². The van der Waals surface area contributed by atoms with Gasteiger partial charge in [-0.3, -0.25) is 4.79 Å². The Kier molecular flexibility index (Phi) is 2.69. The lowest BCUT2D eigenvalue weighted by atomic mass is 10.1. The van der Waals surface area contributed by atoms with Crippen LogP contribution in [0.5, 0.6) is 0 Å². The highest BCUT2D eigenvalue weighted by atomic mass is 32.1. The van der Waals surface area contributed by atoms with Crippen molar-refractivity contribution in [2.45, 2.75) is 18.9 Å². The summed E-state index contributed by atoms with van der Waals surface area (Å²) in [5.41, 5.74) is 1.92. The van der Waals surface area contributed by atoms with Crippen molar-refractivity contribution >= 4 is 17.2 Å². The number of hydrogen-bond acceptors (Lipinski definition) is 2. The van der Waals surface area contributed by atoms with Crippen LogP contribution >= 0.6 is 11.3 Å². The largest absolute Gasteiger partial charge is 0.349 e. The van der Waals surface area contributed by atoms with Crippen molar-refractivity contribution in [3.8, 4) is 10.4 Å². The second-order valence-electron chi connectivity index (χ2n) is 4.30. The SMILES string of the molecule is O=C(NC1CC1)c1ccc(-c2cccs2)cc1. The van der Waals surface area contributed by atoms with Gasteiger partial charge in [0.1, 0.15) is 0 Å². The fraction of sp³-hybridized carbons (Fsp3) is 0.214. The van der Waals surface area contributed by atoms with Gasteiger partial charge in [0, 0.05) is 16.5 Å². The Morgan fingerprint density at radius 3 is 2.53 bits per heavy atom. The maximum absolute atomic E-state index is 11.8. The van der Waals surface area contributed by atoms with Gasteiger partial charge >= 0.3 is 0 Å². The second-order valence-corrected chi connectivity index (χ2v) is 5.25. The molecule has 2 aromatic rings. The first kappa shape index (κ1) is 10.5. The third kappa shape index (κ3) is 2.39. The highest BCUT2D eigenvalue weighted by Gasteiger charge is 2.23. The highest BCUT2D eigenvalue weighted by molar-refractivity contribution is 7.13. The molecule has 0 aliphatic heterocycles. The number of carbonyl (C=O) groups is 1. The van der Waals surface area contributed by atoms with E-state index in [0.717, 1.165) is 18.4 Å². The van der Waals surface area contributed by atoms with Gasteiger partial charge in [-0.2, -0.15) is 0 Å². The number of benzene rings is 1. The van der Waals surface area contributed by atoms with E-state index in [9.17, 15) is 4.79 Å². The van der Waals surface area contributed by atoms with E-state index in [4.69, 9.17) is 0 Å². The fourth-order valence-electron chi connectivity index (χ4n) is 1.73. The van der Waals surface area contributed by atoms with Gasteiger partial charge in [0.15, 0.2) is 0 Å². The van der Waals surface area contributed by atoms with Gasteiger partial charge in [0.2, 0.25) is 0 Å². The summed E-state index contributed by atoms with van der Waals surface area (Å²) >= 11 is 1.71. The molecule has 1 N–H and O–H groups in total. The Morgan fingerprint density at radius 1 is 1.18 bits per heavy atom. The summed E-state index contributed by atoms with van der Waals surface area (Å²) in [5.74, 6) is 0.0465. The summed E-state index contributed by atoms with van der Waals surface area (Å²) in [4.78, 5) is 13.0. The van der Waals surface area contributed by atoms with Crippen LogP contribution < -0.4 is 5.32 Å². The monoisotopic (exact) mass is 243 g/mol. The lowest BCUT2D eigenvalue weighted by molar-refractivity contribution is 0.0951. The standard InChI is InChI=1S/C14H13NOS/c16-14(15-12-7-8-12)11-5-3-10(4-6-11)13-2-1-9-17-13/h1-6,9,12H,7-8H2,(H,15,16). The Morgan fingerprint density at radius 2 is 1.94 bits per heavy atom. The van der Waals surface area contributed by atoms with E-state index in [0.29, 0.717) is 6.04 Å². The molecule has 0 saturated heterocycles. The van der Waals surface area contributed by atoms with Crippen molar-refractivity contribution in [1.82, 2.24) is 5.32 Å². The summed E-state index contributed by atoms with van der Waals surface area (Å²) in [7, 11) is 0. The van der Waals surface area contributed by atoms with Crippen LogP contribution in [0.4, 0.5) is 0 Å². The molecule has 2 nitrogen and oxygen atoms in total. The average molecular weight is 243 g/mol. The molecule has 1 fully saturated rings. The first-order valence-corrected chi connectivity index (χ1v) is 6.66. The van der Waals surface area contributed by atoms with Gasteiger partial charge in [0.05, 0.1) is 0 Å². The van der Waals surface area contributed by atoms with Crippen LogP contribution in [0.2, 0.25) is 0 Å². The summed E-state index contributed by atoms with van der Waals surface area (Å²) in [5, 5.41) is 5.05. The molecule has 0 spiro atoms. The van der Waals surface area contributed by atoms with Crippen LogP contribution in [0.15, 0.2) is 41.8 Å². The van der Waals surface area contributed by atoms with E-state index in [-0.39, 0.29) is 5.91 Å². The first-order valence-electron chi connectivity index (χ1n) is 5.78. The predicted molar refractivity (Wildman–Crippen MR) is 70.2 cm³/mol. The maximum Gasteiger partial charge on any atom is 0.251 e. The summed E-state index contributed by atoms with van der Waals surface area (Å²) in [6.45, 7) is 0. The van der Waals surface area contributed by atoms with Crippen LogP contribution in [-0.4, -0.2) is 11.9 Å². The van der Waals surface area contributed by atoms with Gasteiger partial charge in [-0.15, -0.1) is 11.3 Å². The molecule has 1 heterocycles. The summed E-state index contributed by atoms with van der Waals surface area (Å²) in [6.07, 6.45) is 2.25. The van der Waals surface area contributed by atoms with Crippen molar-refractivity contribution in [2.24, 2.45) is 0 Å². The highest BCUT2D eigenvalue weighted by Crippen LogP contribution is 2.25. The van der Waals surface area contributed by atoms with Gasteiger partial charge in [-0.05, 0) is 42.0 Å². The van der Waals surface area contributed by atoms with Gasteiger partial charge in [0.25, 0.3) is 5.91 Å². The molecule has 1 aliphatic carbocycles. The number of hydrogen-bond donors (Lipinski definition) is 1. The molecule has 0 bridgehead atoms. The van der Waals surface area contributed by atoms with Crippen LogP contribution in [0.3, 0.4) is 0 Å². The Bertz CT molecular complexity index is 512. The number of rotatable bonds is 3. The molecule has 3 heteroatoms. The van der Waals surface area contributed by atoms with Crippen molar-refractivity contribution in [3.63, 3.8) is 0 Å². The molecule has 0 unspecified atom stereocenters. The molecule has 1 amide bonds. The molecule has 1 aromatic carbocycles. The maximum atomic E-state index is 11.8. The van der Waals surface area contributed by atoms with Crippen molar-refractivity contribution in [3.05, 3.63) is 47.3 Å². The zero-order valence-corrected chi connectivity index (χ0v) is 10.2. The minimum absolute atomic E-state index is 0.0465. The van der Waals surface area contributed by atoms with E-state index in [2.05, 4.69) is 16.8 Å². The molecule has 1 aromatic heterocycles. The topological polar surface area (TPSA) is 29.1 Å². The van der Waals surface area contributed by atoms with Gasteiger partial charge in [-0.25, -0.2) is 0 Å². The van der Waals surface area contributed by atoms with E-state index in [1.165, 1.54) is 10.4 Å². The van der Waals surface area contributed by atoms with E-state index < -0.39 is 0 Å². The van der Waals surface area contributed by atoms with Gasteiger partial charge in [-0.1, -0.05) is 18.2 Å². The predicted octanol–water partition coefficient (Wildman–Crippen LogP) is 3.31. The Hall–Kier alpha value is -1.61. The van der Waals surface area contributed by atoms with Crippen LogP contribution in [0.25, 0.3) is 10.4 Å². The molecular formula is C14H13NOS. The van der Waals surface area contributed by atoms with Gasteiger partial charge < -0.3 is 5.32 Å². The molecular weight excluding hydrogens is 230 g/mol. The van der Waals surface area contributed by atoms with E-state index in [1.54, 1.807) is 11.3 Å². The van der Waals surface area contributed by atoms with Crippen LogP contribution in [-0.2, 0) is 0 Å². The van der Waals surface area contributed by atoms with Crippen LogP contribution in [0.1, 0.15) is 23.2 Å². The Labute approximate surface area is 104 Å². The average Bonchev–Trinajstić information content (AvgIpc) is 3.00. The molecule has 0 radical (unpaired) electrons. The second kappa shape index (κ2) is 4.34. The third-order valence-electron chi connectivity index (χ3n) is 2.87. The number of carbonyl (C=O) groups excluding carboxylic acids is 1. The molecule has 17 heavy (non-hydrogen) atoms. The summed E-state index contributed by atoms with van der Waals surface area (Å²) < 4.78 is 0. The molecule has 0 atom stereocenters. The fourth-order valence-corrected chi connectivity index (χ4v) is 2.46. The number of nitrogens with one attached hydrogen (secondary N) is 1. The lowest BCUT2D eigenvalue weighted by Gasteiger charge is -2.04. The first-order chi connectivity index (χ1) is 8.33. The minimum atomic E-state index is 0.0465. The molecule has 86 valence electrons. The van der Waals surface area contributed by atoms with E-state index in [1.807, 2.05) is 30.3 Å². The quantitative estimate of drug-likeness (QED) is 0.880. The molecule has 3 rings (SSSR count). The van der Waals surface area contributed by atoms with Crippen molar-refractivity contribution < 1.29 is 4.79 Å².